The van der Waals surface area contributed by atoms with E-state index in [9.17, 15) is 4.79 Å². The summed E-state index contributed by atoms with van der Waals surface area (Å²) in [5.41, 5.74) is 5.17. The number of nitrogens with one attached hydrogen (secondary N) is 1. The first-order valence-corrected chi connectivity index (χ1v) is 4.91. The second-order valence-electron chi connectivity index (χ2n) is 3.49. The van der Waals surface area contributed by atoms with E-state index in [0.29, 0.717) is 13.2 Å². The molecule has 0 aromatic carbocycles. The molecule has 0 aromatic heterocycles. The number of amides is 1. The van der Waals surface area contributed by atoms with Crippen molar-refractivity contribution in [1.29, 1.82) is 0 Å². The third kappa shape index (κ3) is 5.94. The first kappa shape index (κ1) is 14.6. The number of ether oxygens (including phenoxy) is 2. The Hall–Kier alpha value is -0.360. The highest BCUT2D eigenvalue weighted by atomic mass is 35.5. The fourth-order valence-corrected chi connectivity index (χ4v) is 1.30. The lowest BCUT2D eigenvalue weighted by Gasteiger charge is -2.16. The predicted molar refractivity (Wildman–Crippen MR) is 59.1 cm³/mol. The van der Waals surface area contributed by atoms with Crippen molar-refractivity contribution < 1.29 is 14.3 Å². The molecule has 1 fully saturated rings. The molecule has 1 aliphatic heterocycles. The number of carbonyl (C=O) groups is 1. The Morgan fingerprint density at radius 1 is 1.73 bits per heavy atom. The van der Waals surface area contributed by atoms with Crippen LogP contribution in [0.5, 0.6) is 0 Å². The highest BCUT2D eigenvalue weighted by Gasteiger charge is 2.17. The SMILES string of the molecule is CC(COC1CCOC1)NC(=O)CN.Cl. The molecular weight excluding hydrogens is 220 g/mol. The Labute approximate surface area is 96.1 Å². The zero-order valence-corrected chi connectivity index (χ0v) is 9.72. The molecule has 2 atom stereocenters. The van der Waals surface area contributed by atoms with Gasteiger partial charge in [-0.1, -0.05) is 0 Å². The van der Waals surface area contributed by atoms with Crippen molar-refractivity contribution in [3.05, 3.63) is 0 Å². The fraction of sp³-hybridized carbons (Fsp3) is 0.889. The number of hydrogen-bond acceptors (Lipinski definition) is 4. The van der Waals surface area contributed by atoms with Gasteiger partial charge in [-0.05, 0) is 13.3 Å². The monoisotopic (exact) mass is 238 g/mol. The Morgan fingerprint density at radius 2 is 2.47 bits per heavy atom. The van der Waals surface area contributed by atoms with E-state index in [1.165, 1.54) is 0 Å². The van der Waals surface area contributed by atoms with E-state index in [2.05, 4.69) is 5.32 Å². The molecule has 0 spiro atoms. The summed E-state index contributed by atoms with van der Waals surface area (Å²) in [7, 11) is 0. The molecule has 3 N–H and O–H groups in total. The van der Waals surface area contributed by atoms with Crippen molar-refractivity contribution in [1.82, 2.24) is 5.32 Å². The van der Waals surface area contributed by atoms with E-state index < -0.39 is 0 Å². The fourth-order valence-electron chi connectivity index (χ4n) is 1.30. The van der Waals surface area contributed by atoms with Crippen LogP contribution < -0.4 is 11.1 Å². The van der Waals surface area contributed by atoms with Crippen LogP contribution in [0.15, 0.2) is 0 Å². The molecule has 1 saturated heterocycles. The highest BCUT2D eigenvalue weighted by Crippen LogP contribution is 2.07. The van der Waals surface area contributed by atoms with Gasteiger partial charge in [-0.25, -0.2) is 0 Å². The van der Waals surface area contributed by atoms with E-state index >= 15 is 0 Å². The van der Waals surface area contributed by atoms with Crippen LogP contribution in [0.2, 0.25) is 0 Å². The van der Waals surface area contributed by atoms with Gasteiger partial charge in [-0.15, -0.1) is 12.4 Å². The number of hydrogen-bond donors (Lipinski definition) is 2. The lowest BCUT2D eigenvalue weighted by Crippen LogP contribution is -2.40. The van der Waals surface area contributed by atoms with Gasteiger partial charge < -0.3 is 20.5 Å². The average molecular weight is 239 g/mol. The standard InChI is InChI=1S/C9H18N2O3.ClH/c1-7(11-9(12)4-10)5-14-8-2-3-13-6-8;/h7-8H,2-6,10H2,1H3,(H,11,12);1H. The van der Waals surface area contributed by atoms with Crippen LogP contribution in [-0.4, -0.2) is 44.4 Å². The lowest BCUT2D eigenvalue weighted by atomic mass is 10.3. The van der Waals surface area contributed by atoms with E-state index in [4.69, 9.17) is 15.2 Å². The highest BCUT2D eigenvalue weighted by molar-refractivity contribution is 5.85. The normalized spacial score (nSPS) is 21.9. The lowest BCUT2D eigenvalue weighted by molar-refractivity contribution is -0.120. The van der Waals surface area contributed by atoms with Crippen molar-refractivity contribution in [3.8, 4) is 0 Å². The molecule has 6 heteroatoms. The van der Waals surface area contributed by atoms with Crippen LogP contribution in [0.4, 0.5) is 0 Å². The quantitative estimate of drug-likeness (QED) is 0.689. The smallest absolute Gasteiger partial charge is 0.234 e. The van der Waals surface area contributed by atoms with Gasteiger partial charge in [0, 0.05) is 12.6 Å². The maximum absolute atomic E-state index is 10.9. The van der Waals surface area contributed by atoms with Gasteiger partial charge in [0.05, 0.1) is 25.9 Å². The minimum Gasteiger partial charge on any atom is -0.379 e. The van der Waals surface area contributed by atoms with Gasteiger partial charge in [0.1, 0.15) is 0 Å². The van der Waals surface area contributed by atoms with E-state index in [0.717, 1.165) is 13.0 Å². The van der Waals surface area contributed by atoms with Crippen molar-refractivity contribution in [2.45, 2.75) is 25.5 Å². The van der Waals surface area contributed by atoms with Gasteiger partial charge in [-0.3, -0.25) is 4.79 Å². The van der Waals surface area contributed by atoms with E-state index in [1.54, 1.807) is 0 Å². The van der Waals surface area contributed by atoms with Crippen molar-refractivity contribution in [2.24, 2.45) is 5.73 Å². The zero-order valence-electron chi connectivity index (χ0n) is 8.90. The van der Waals surface area contributed by atoms with Crippen molar-refractivity contribution in [3.63, 3.8) is 0 Å². The largest absolute Gasteiger partial charge is 0.379 e. The summed E-state index contributed by atoms with van der Waals surface area (Å²) in [6.45, 7) is 3.87. The second-order valence-corrected chi connectivity index (χ2v) is 3.49. The summed E-state index contributed by atoms with van der Waals surface area (Å²) in [6, 6.07) is 0.00616. The van der Waals surface area contributed by atoms with Gasteiger partial charge in [0.25, 0.3) is 0 Å². The molecule has 1 aliphatic rings. The van der Waals surface area contributed by atoms with Crippen LogP contribution in [0.3, 0.4) is 0 Å². The van der Waals surface area contributed by atoms with E-state index in [-0.39, 0.29) is 37.0 Å². The molecule has 0 aromatic rings. The molecular formula is C9H19ClN2O3. The number of carbonyl (C=O) groups excluding carboxylic acids is 1. The Bertz CT molecular complexity index is 186. The molecule has 5 nitrogen and oxygen atoms in total. The minimum absolute atomic E-state index is 0. The van der Waals surface area contributed by atoms with Gasteiger partial charge in [0.2, 0.25) is 5.91 Å². The van der Waals surface area contributed by atoms with Crippen LogP contribution in [0.1, 0.15) is 13.3 Å². The predicted octanol–water partition coefficient (Wildman–Crippen LogP) is -0.323. The van der Waals surface area contributed by atoms with E-state index in [1.807, 2.05) is 6.92 Å². The number of halogens is 1. The molecule has 0 aliphatic carbocycles. The third-order valence-corrected chi connectivity index (χ3v) is 2.06. The molecule has 0 bridgehead atoms. The summed E-state index contributed by atoms with van der Waals surface area (Å²) < 4.78 is 10.7. The number of rotatable bonds is 5. The maximum atomic E-state index is 10.9. The summed E-state index contributed by atoms with van der Waals surface area (Å²) in [5, 5.41) is 2.72. The van der Waals surface area contributed by atoms with Crippen LogP contribution >= 0.6 is 12.4 Å². The Balaban J connectivity index is 0.00000196. The van der Waals surface area contributed by atoms with Crippen LogP contribution in [-0.2, 0) is 14.3 Å². The average Bonchev–Trinajstić information content (AvgIpc) is 2.67. The molecule has 1 heterocycles. The van der Waals surface area contributed by atoms with Crippen molar-refractivity contribution >= 4 is 18.3 Å². The summed E-state index contributed by atoms with van der Waals surface area (Å²) in [4.78, 5) is 10.9. The second kappa shape index (κ2) is 7.87. The maximum Gasteiger partial charge on any atom is 0.234 e. The molecule has 90 valence electrons. The molecule has 0 radical (unpaired) electrons. The van der Waals surface area contributed by atoms with Gasteiger partial charge >= 0.3 is 0 Å². The first-order valence-electron chi connectivity index (χ1n) is 4.91. The molecule has 15 heavy (non-hydrogen) atoms. The summed E-state index contributed by atoms with van der Waals surface area (Å²) in [5.74, 6) is -0.149. The van der Waals surface area contributed by atoms with Crippen molar-refractivity contribution in [2.75, 3.05) is 26.4 Å². The Kier molecular flexibility index (Phi) is 7.68. The topological polar surface area (TPSA) is 73.6 Å². The molecule has 2 unspecified atom stereocenters. The van der Waals surface area contributed by atoms with Crippen LogP contribution in [0, 0.1) is 0 Å². The summed E-state index contributed by atoms with van der Waals surface area (Å²) >= 11 is 0. The van der Waals surface area contributed by atoms with Gasteiger partial charge in [-0.2, -0.15) is 0 Å². The number of nitrogens with two attached hydrogens (primary N) is 1. The minimum atomic E-state index is -0.149. The Morgan fingerprint density at radius 3 is 3.00 bits per heavy atom. The summed E-state index contributed by atoms with van der Waals surface area (Å²) in [6.07, 6.45) is 1.13. The first-order chi connectivity index (χ1) is 6.72. The molecule has 0 saturated carbocycles. The zero-order chi connectivity index (χ0) is 10.4. The van der Waals surface area contributed by atoms with Crippen LogP contribution in [0.25, 0.3) is 0 Å². The molecule has 1 rings (SSSR count). The molecule has 1 amide bonds. The van der Waals surface area contributed by atoms with Gasteiger partial charge in [0.15, 0.2) is 0 Å². The third-order valence-electron chi connectivity index (χ3n) is 2.06.